The van der Waals surface area contributed by atoms with Crippen molar-refractivity contribution in [2.24, 2.45) is 7.05 Å². The molecule has 0 spiro atoms. The second-order valence-electron chi connectivity index (χ2n) is 6.00. The van der Waals surface area contributed by atoms with Gasteiger partial charge in [-0.15, -0.1) is 0 Å². The molecule has 146 valence electrons. The maximum absolute atomic E-state index is 12.9. The quantitative estimate of drug-likeness (QED) is 0.788. The van der Waals surface area contributed by atoms with E-state index in [4.69, 9.17) is 11.6 Å². The highest BCUT2D eigenvalue weighted by molar-refractivity contribution is 6.33. The number of aryl methyl sites for hydroxylation is 1. The fraction of sp³-hybridized carbons (Fsp3) is 0.400. The van der Waals surface area contributed by atoms with E-state index in [0.29, 0.717) is 6.20 Å². The van der Waals surface area contributed by atoms with Gasteiger partial charge in [0.15, 0.2) is 0 Å². The lowest BCUT2D eigenvalue weighted by Crippen LogP contribution is -2.59. The lowest BCUT2D eigenvalue weighted by molar-refractivity contribution is -0.137. The minimum absolute atomic E-state index is 0.157. The summed E-state index contributed by atoms with van der Waals surface area (Å²) in [4.78, 5) is 17.5. The molecule has 12 heteroatoms. The Hall–Kier alpha value is -2.43. The van der Waals surface area contributed by atoms with E-state index in [2.05, 4.69) is 15.4 Å². The number of hydrogen-bond acceptors (Lipinski definition) is 4. The molecule has 0 saturated carbocycles. The van der Waals surface area contributed by atoms with Gasteiger partial charge >= 0.3 is 6.18 Å². The molecule has 0 radical (unpaired) electrons. The van der Waals surface area contributed by atoms with Gasteiger partial charge in [-0.2, -0.15) is 18.3 Å². The normalized spacial score (nSPS) is 15.2. The highest BCUT2D eigenvalue weighted by atomic mass is 35.5. The number of amides is 1. The van der Waals surface area contributed by atoms with Crippen LogP contribution in [-0.4, -0.2) is 39.8 Å². The first-order valence-electron chi connectivity index (χ1n) is 7.66. The number of carbonyl (C=O) groups is 1. The van der Waals surface area contributed by atoms with Crippen molar-refractivity contribution in [2.45, 2.75) is 18.6 Å². The van der Waals surface area contributed by atoms with Crippen LogP contribution in [0.25, 0.3) is 0 Å². The highest BCUT2D eigenvalue weighted by Gasteiger charge is 2.35. The van der Waals surface area contributed by atoms with Crippen LogP contribution in [0.5, 0.6) is 0 Å². The molecule has 0 atom stereocenters. The van der Waals surface area contributed by atoms with E-state index in [0.717, 1.165) is 10.7 Å². The van der Waals surface area contributed by atoms with E-state index in [1.54, 1.807) is 4.90 Å². The Labute approximate surface area is 154 Å². The smallest absolute Gasteiger partial charge is 0.351 e. The largest absolute Gasteiger partial charge is 0.417 e. The molecule has 0 bridgehead atoms. The van der Waals surface area contributed by atoms with Gasteiger partial charge in [0.1, 0.15) is 11.5 Å². The van der Waals surface area contributed by atoms with Crippen molar-refractivity contribution in [3.05, 3.63) is 40.3 Å². The number of nitrogens with zero attached hydrogens (tertiary/aromatic N) is 4. The Balaban J connectivity index is 1.63. The number of anilines is 1. The molecule has 2 aromatic rings. The van der Waals surface area contributed by atoms with Crippen LogP contribution in [0.2, 0.25) is 5.02 Å². The molecule has 1 aliphatic rings. The first-order chi connectivity index (χ1) is 12.6. The Morgan fingerprint density at radius 1 is 1.37 bits per heavy atom. The van der Waals surface area contributed by atoms with Gasteiger partial charge in [0.2, 0.25) is 0 Å². The van der Waals surface area contributed by atoms with Crippen molar-refractivity contribution in [1.29, 1.82) is 0 Å². The van der Waals surface area contributed by atoms with E-state index in [9.17, 15) is 26.7 Å². The van der Waals surface area contributed by atoms with Gasteiger partial charge in [0.05, 0.1) is 22.2 Å². The molecule has 0 unspecified atom stereocenters. The number of pyridine rings is 1. The van der Waals surface area contributed by atoms with Crippen molar-refractivity contribution in [3.8, 4) is 0 Å². The number of nitrogens with one attached hydrogen (secondary N) is 1. The molecule has 0 aromatic carbocycles. The average Bonchev–Trinajstić information content (AvgIpc) is 2.92. The minimum Gasteiger partial charge on any atom is -0.351 e. The number of rotatable bonds is 4. The third kappa shape index (κ3) is 3.97. The van der Waals surface area contributed by atoms with Crippen LogP contribution in [0.4, 0.5) is 27.8 Å². The topological polar surface area (TPSA) is 63.1 Å². The Kier molecular flexibility index (Phi) is 4.98. The molecule has 27 heavy (non-hydrogen) atoms. The Morgan fingerprint density at radius 2 is 2.04 bits per heavy atom. The summed E-state index contributed by atoms with van der Waals surface area (Å²) in [7, 11) is 1.42. The Morgan fingerprint density at radius 3 is 2.59 bits per heavy atom. The summed E-state index contributed by atoms with van der Waals surface area (Å²) < 4.78 is 64.8. The third-order valence-corrected chi connectivity index (χ3v) is 4.25. The molecule has 1 aliphatic heterocycles. The predicted octanol–water partition coefficient (Wildman–Crippen LogP) is 3.04. The molecule has 1 amide bonds. The van der Waals surface area contributed by atoms with Crippen molar-refractivity contribution >= 4 is 23.3 Å². The van der Waals surface area contributed by atoms with E-state index in [1.165, 1.54) is 13.2 Å². The summed E-state index contributed by atoms with van der Waals surface area (Å²) in [6, 6.07) is 0.392. The van der Waals surface area contributed by atoms with E-state index in [-0.39, 0.29) is 35.5 Å². The van der Waals surface area contributed by atoms with Crippen molar-refractivity contribution in [3.63, 3.8) is 0 Å². The van der Waals surface area contributed by atoms with Crippen LogP contribution < -0.4 is 10.2 Å². The zero-order valence-electron chi connectivity index (χ0n) is 13.8. The first-order valence-corrected chi connectivity index (χ1v) is 8.04. The van der Waals surface area contributed by atoms with Gasteiger partial charge < -0.3 is 10.2 Å². The van der Waals surface area contributed by atoms with Crippen LogP contribution in [-0.2, 0) is 13.2 Å². The van der Waals surface area contributed by atoms with Crippen LogP contribution in [0.3, 0.4) is 0 Å². The molecule has 3 rings (SSSR count). The number of alkyl halides is 5. The lowest BCUT2D eigenvalue weighted by atomic mass is 10.1. The summed E-state index contributed by atoms with van der Waals surface area (Å²) in [6.45, 7) is 0.461. The predicted molar refractivity (Wildman–Crippen MR) is 85.9 cm³/mol. The van der Waals surface area contributed by atoms with E-state index in [1.807, 2.05) is 0 Å². The molecule has 3 heterocycles. The van der Waals surface area contributed by atoms with Gasteiger partial charge in [-0.3, -0.25) is 9.48 Å². The van der Waals surface area contributed by atoms with Gasteiger partial charge in [-0.25, -0.2) is 13.8 Å². The van der Waals surface area contributed by atoms with Gasteiger partial charge in [-0.1, -0.05) is 11.6 Å². The standard InChI is InChI=1S/C15H13ClF5N5O/c1-25-6-9(11(24-25)12(17)18)14(27)23-8-4-26(5-8)13-10(16)2-7(3-22-13)15(19,20)21/h2-3,6,8,12H,4-5H2,1H3,(H,23,27). The number of halogens is 6. The fourth-order valence-electron chi connectivity index (χ4n) is 2.67. The second kappa shape index (κ2) is 6.95. The number of hydrogen-bond donors (Lipinski definition) is 1. The third-order valence-electron chi connectivity index (χ3n) is 3.97. The minimum atomic E-state index is -4.55. The maximum Gasteiger partial charge on any atom is 0.417 e. The number of aromatic nitrogens is 3. The summed E-state index contributed by atoms with van der Waals surface area (Å²) in [6.07, 6.45) is -5.56. The summed E-state index contributed by atoms with van der Waals surface area (Å²) in [5, 5.41) is 5.97. The molecule has 1 saturated heterocycles. The summed E-state index contributed by atoms with van der Waals surface area (Å²) >= 11 is 5.86. The van der Waals surface area contributed by atoms with Gasteiger partial charge in [0.25, 0.3) is 12.3 Å². The van der Waals surface area contributed by atoms with Crippen LogP contribution in [0.1, 0.15) is 28.0 Å². The van der Waals surface area contributed by atoms with Gasteiger partial charge in [0, 0.05) is 32.5 Å². The zero-order valence-corrected chi connectivity index (χ0v) is 14.5. The monoisotopic (exact) mass is 409 g/mol. The Bertz CT molecular complexity index is 863. The molecule has 1 N–H and O–H groups in total. The van der Waals surface area contributed by atoms with Crippen molar-refractivity contribution in [1.82, 2.24) is 20.1 Å². The molecular weight excluding hydrogens is 397 g/mol. The first kappa shape index (κ1) is 19.3. The van der Waals surface area contributed by atoms with E-state index < -0.39 is 29.8 Å². The molecule has 2 aromatic heterocycles. The summed E-state index contributed by atoms with van der Waals surface area (Å²) in [5.41, 5.74) is -1.80. The highest BCUT2D eigenvalue weighted by Crippen LogP contribution is 2.34. The SMILES string of the molecule is Cn1cc(C(=O)NC2CN(c3ncc(C(F)(F)F)cc3Cl)C2)c(C(F)F)n1. The van der Waals surface area contributed by atoms with Crippen molar-refractivity contribution in [2.75, 3.05) is 18.0 Å². The molecule has 0 aliphatic carbocycles. The number of carbonyl (C=O) groups excluding carboxylic acids is 1. The van der Waals surface area contributed by atoms with E-state index >= 15 is 0 Å². The molecular formula is C15H13ClF5N5O. The fourth-order valence-corrected chi connectivity index (χ4v) is 2.95. The van der Waals surface area contributed by atoms with Gasteiger partial charge in [-0.05, 0) is 6.07 Å². The second-order valence-corrected chi connectivity index (χ2v) is 6.41. The molecule has 6 nitrogen and oxygen atoms in total. The van der Waals surface area contributed by atoms with Crippen LogP contribution in [0.15, 0.2) is 18.5 Å². The zero-order chi connectivity index (χ0) is 19.9. The molecule has 1 fully saturated rings. The van der Waals surface area contributed by atoms with Crippen LogP contribution >= 0.6 is 11.6 Å². The average molecular weight is 410 g/mol. The van der Waals surface area contributed by atoms with Crippen LogP contribution in [0, 0.1) is 0 Å². The maximum atomic E-state index is 12.9. The van der Waals surface area contributed by atoms with Crippen molar-refractivity contribution < 1.29 is 26.7 Å². The summed E-state index contributed by atoms with van der Waals surface area (Å²) in [5.74, 6) is -0.542. The lowest BCUT2D eigenvalue weighted by Gasteiger charge is -2.40.